The van der Waals surface area contributed by atoms with E-state index in [1.165, 1.54) is 11.1 Å². The smallest absolute Gasteiger partial charge is 0.273 e. The number of fused-ring (bicyclic) bond motifs is 1. The summed E-state index contributed by atoms with van der Waals surface area (Å²) in [6.45, 7) is 11.1. The van der Waals surface area contributed by atoms with Gasteiger partial charge in [-0.15, -0.1) is 49.3 Å². The van der Waals surface area contributed by atoms with Gasteiger partial charge < -0.3 is 0 Å². The maximum absolute atomic E-state index is 3.16. The molecule has 0 fully saturated rings. The molecule has 0 aromatic heterocycles. The summed E-state index contributed by atoms with van der Waals surface area (Å²) in [4.78, 5) is 0. The fourth-order valence-corrected chi connectivity index (χ4v) is 1.45. The van der Waals surface area contributed by atoms with Crippen molar-refractivity contribution in [1.29, 1.82) is 0 Å². The number of allylic oxidation sites excluding steroid dienone is 5. The summed E-state index contributed by atoms with van der Waals surface area (Å²) >= 11 is 0. The van der Waals surface area contributed by atoms with Crippen LogP contribution in [0.3, 0.4) is 0 Å². The zero-order valence-corrected chi connectivity index (χ0v) is 21.4. The van der Waals surface area contributed by atoms with Crippen LogP contribution >= 0.6 is 24.8 Å². The number of hydrogen-bond acceptors (Lipinski definition) is 0. The van der Waals surface area contributed by atoms with Crippen molar-refractivity contribution in [3.05, 3.63) is 65.8 Å². The van der Waals surface area contributed by atoms with Crippen LogP contribution in [0.2, 0.25) is 32.7 Å². The van der Waals surface area contributed by atoms with Crippen molar-refractivity contribution < 1.29 is 26.2 Å². The van der Waals surface area contributed by atoms with E-state index in [-0.39, 0.29) is 59.8 Å². The molecule has 5 heteroatoms. The minimum absolute atomic E-state index is 0. The topological polar surface area (TPSA) is 0 Å². The molecule has 0 saturated carbocycles. The molecule has 131 valence electrons. The maximum Gasteiger partial charge on any atom is 2.00 e. The van der Waals surface area contributed by atoms with Crippen molar-refractivity contribution in [3.63, 3.8) is 0 Å². The van der Waals surface area contributed by atoms with Gasteiger partial charge in [-0.3, -0.25) is 12.2 Å². The van der Waals surface area contributed by atoms with E-state index < -0.39 is 0 Å². The van der Waals surface area contributed by atoms with Gasteiger partial charge in [0.1, 0.15) is 0 Å². The third-order valence-electron chi connectivity index (χ3n) is 2.19. The maximum atomic E-state index is 3.16. The Kier molecular flexibility index (Phi) is 31.2. The molecule has 0 heterocycles. The van der Waals surface area contributed by atoms with E-state index in [1.807, 2.05) is 12.2 Å². The van der Waals surface area contributed by atoms with Crippen LogP contribution in [0.4, 0.5) is 0 Å². The largest absolute Gasteiger partial charge is 2.00 e. The third-order valence-corrected chi connectivity index (χ3v) is 2.19. The zero-order chi connectivity index (χ0) is 15.9. The molecule has 3 rings (SSSR count). The van der Waals surface area contributed by atoms with Gasteiger partial charge in [0.05, 0.1) is 0 Å². The molecule has 1 aromatic rings. The van der Waals surface area contributed by atoms with E-state index in [4.69, 9.17) is 0 Å². The Balaban J connectivity index is -0.000000118. The molecule has 0 N–H and O–H groups in total. The predicted octanol–water partition coefficient (Wildman–Crippen LogP) is 6.36. The molecule has 0 spiro atoms. The molecule has 2 aliphatic carbocycles. The number of halogens is 2. The molecular formula is C19H29Cl2Si2Zr. The first-order valence-electron chi connectivity index (χ1n) is 7.33. The van der Waals surface area contributed by atoms with Gasteiger partial charge in [-0.1, -0.05) is 50.9 Å². The molecule has 0 unspecified atom stereocenters. The average Bonchev–Trinajstić information content (AvgIpc) is 3.14. The monoisotopic (exact) mass is 473 g/mol. The van der Waals surface area contributed by atoms with Crippen molar-refractivity contribution in [1.82, 2.24) is 0 Å². The van der Waals surface area contributed by atoms with Gasteiger partial charge in [0, 0.05) is 18.3 Å². The molecule has 0 saturated heterocycles. The summed E-state index contributed by atoms with van der Waals surface area (Å²) in [6.07, 6.45) is 16.2. The molecule has 2 aliphatic rings. The van der Waals surface area contributed by atoms with E-state index in [0.717, 1.165) is 22.4 Å². The number of hydrogen-bond donors (Lipinski definition) is 0. The molecule has 0 atom stereocenters. The van der Waals surface area contributed by atoms with Gasteiger partial charge in [0.2, 0.25) is 0 Å². The minimum atomic E-state index is 0. The minimum Gasteiger partial charge on any atom is -0.273 e. The van der Waals surface area contributed by atoms with Gasteiger partial charge in [-0.05, 0) is 0 Å². The van der Waals surface area contributed by atoms with E-state index in [1.54, 1.807) is 0 Å². The third kappa shape index (κ3) is 20.4. The Morgan fingerprint density at radius 2 is 1.54 bits per heavy atom. The molecule has 0 aliphatic heterocycles. The Hall–Kier alpha value is 0.337. The zero-order valence-electron chi connectivity index (χ0n) is 15.3. The first-order chi connectivity index (χ1) is 10.1. The summed E-state index contributed by atoms with van der Waals surface area (Å²) in [7, 11) is 1.20. The fourth-order valence-electron chi connectivity index (χ4n) is 1.45. The summed E-state index contributed by atoms with van der Waals surface area (Å²) < 4.78 is 0. The second-order valence-corrected chi connectivity index (χ2v) is 9.23. The van der Waals surface area contributed by atoms with E-state index >= 15 is 0 Å². The summed E-state index contributed by atoms with van der Waals surface area (Å²) in [5.74, 6) is 0. The average molecular weight is 476 g/mol. The van der Waals surface area contributed by atoms with E-state index in [9.17, 15) is 0 Å². The van der Waals surface area contributed by atoms with Crippen molar-refractivity contribution in [2.24, 2.45) is 0 Å². The second kappa shape index (κ2) is 23.3. The van der Waals surface area contributed by atoms with Gasteiger partial charge in [0.15, 0.2) is 0 Å². The van der Waals surface area contributed by atoms with Crippen LogP contribution in [-0.4, -0.2) is 18.3 Å². The van der Waals surface area contributed by atoms with Crippen molar-refractivity contribution in [2.45, 2.75) is 45.6 Å². The van der Waals surface area contributed by atoms with Gasteiger partial charge in [-0.2, -0.15) is 11.6 Å². The Morgan fingerprint density at radius 3 is 1.92 bits per heavy atom. The molecule has 0 amide bonds. The van der Waals surface area contributed by atoms with Gasteiger partial charge in [-0.25, -0.2) is 18.2 Å². The Labute approximate surface area is 185 Å². The number of benzene rings is 1. The van der Waals surface area contributed by atoms with Crippen LogP contribution in [-0.2, 0) is 32.6 Å². The molecule has 1 aromatic carbocycles. The quantitative estimate of drug-likeness (QED) is 0.302. The summed E-state index contributed by atoms with van der Waals surface area (Å²) in [5, 5.41) is 0. The van der Waals surface area contributed by atoms with Crippen LogP contribution < -0.4 is 0 Å². The summed E-state index contributed by atoms with van der Waals surface area (Å²) in [5.41, 5.74) is 2.73. The van der Waals surface area contributed by atoms with Crippen molar-refractivity contribution in [3.8, 4) is 0 Å². The summed E-state index contributed by atoms with van der Waals surface area (Å²) in [6, 6.07) is 8.39. The predicted molar refractivity (Wildman–Crippen MR) is 115 cm³/mol. The van der Waals surface area contributed by atoms with Crippen LogP contribution in [0.25, 0.3) is 6.08 Å². The van der Waals surface area contributed by atoms with Gasteiger partial charge in [0.25, 0.3) is 0 Å². The van der Waals surface area contributed by atoms with Crippen LogP contribution in [0.5, 0.6) is 0 Å². The van der Waals surface area contributed by atoms with Crippen LogP contribution in [0.1, 0.15) is 17.5 Å². The molecular weight excluding hydrogens is 447 g/mol. The van der Waals surface area contributed by atoms with Crippen LogP contribution in [0, 0.1) is 12.2 Å². The van der Waals surface area contributed by atoms with Crippen molar-refractivity contribution >= 4 is 49.2 Å². The Morgan fingerprint density at radius 1 is 1.00 bits per heavy atom. The Bertz CT molecular complexity index is 446. The van der Waals surface area contributed by atoms with E-state index in [2.05, 4.69) is 81.3 Å². The molecule has 0 nitrogen and oxygen atoms in total. The van der Waals surface area contributed by atoms with E-state index in [0.29, 0.717) is 0 Å². The fraction of sp³-hybridized carbons (Fsp3) is 0.368. The first kappa shape index (κ1) is 32.0. The number of rotatable bonds is 0. The second-order valence-electron chi connectivity index (χ2n) is 5.23. The standard InChI is InChI=1S/C9H7.C5H5.C3H9Si.C2H6Si.2ClH.Zr/c1-2-5-9-7-3-6-8(9)4-1;1-2-4-5-3-1;1-4(2)3;1-3-2;;;/h1-2,4-6H,7H2;1-3H,4H2;1-3H3;1-2H3;2*1H;/q2*-1;;;;;+2. The molecule has 3 radical (unpaired) electrons. The molecule has 0 bridgehead atoms. The normalized spacial score (nSPS) is 11.1. The van der Waals surface area contributed by atoms with Crippen LogP contribution in [0.15, 0.2) is 42.5 Å². The molecule has 24 heavy (non-hydrogen) atoms. The SMILES string of the molecule is C[Si](C)C.C[Si]C.Cl.Cl.[C-]1=CC=CC1.[C-]1=Cc2ccccc2C1.[Zr+2]. The van der Waals surface area contributed by atoms with Gasteiger partial charge >= 0.3 is 26.2 Å². The van der Waals surface area contributed by atoms with Crippen molar-refractivity contribution in [2.75, 3.05) is 0 Å². The first-order valence-corrected chi connectivity index (χ1v) is 12.3.